The highest BCUT2D eigenvalue weighted by molar-refractivity contribution is 5.97. The van der Waals surface area contributed by atoms with Crippen molar-refractivity contribution in [2.24, 2.45) is 5.92 Å². The summed E-state index contributed by atoms with van der Waals surface area (Å²) in [6.45, 7) is 1.89. The zero-order valence-electron chi connectivity index (χ0n) is 15.3. The van der Waals surface area contributed by atoms with E-state index in [1.54, 1.807) is 26.4 Å². The van der Waals surface area contributed by atoms with E-state index < -0.39 is 0 Å². The number of ether oxygens (including phenoxy) is 3. The summed E-state index contributed by atoms with van der Waals surface area (Å²) in [5.41, 5.74) is 0.556. The minimum atomic E-state index is -0.00676. The summed E-state index contributed by atoms with van der Waals surface area (Å²) < 4.78 is 16.7. The van der Waals surface area contributed by atoms with Crippen LogP contribution in [0, 0.1) is 5.92 Å². The number of hydrogen-bond acceptors (Lipinski definition) is 4. The van der Waals surface area contributed by atoms with Gasteiger partial charge in [-0.15, -0.1) is 0 Å². The van der Waals surface area contributed by atoms with Crippen LogP contribution in [0.15, 0.2) is 18.2 Å². The molecule has 0 radical (unpaired) electrons. The third-order valence-electron chi connectivity index (χ3n) is 5.38. The largest absolute Gasteiger partial charge is 0.493 e. The van der Waals surface area contributed by atoms with Crippen molar-refractivity contribution in [2.75, 3.05) is 33.9 Å². The summed E-state index contributed by atoms with van der Waals surface area (Å²) in [7, 11) is 3.15. The number of carbonyl (C=O) groups is 1. The molecule has 5 nitrogen and oxygen atoms in total. The van der Waals surface area contributed by atoms with Crippen molar-refractivity contribution in [1.82, 2.24) is 4.90 Å². The first-order valence-corrected chi connectivity index (χ1v) is 9.34. The van der Waals surface area contributed by atoms with Gasteiger partial charge in [0, 0.05) is 13.1 Å². The monoisotopic (exact) mass is 347 g/mol. The minimum absolute atomic E-state index is 0.00676. The summed E-state index contributed by atoms with van der Waals surface area (Å²) in [6.07, 6.45) is 7.86. The van der Waals surface area contributed by atoms with E-state index in [-0.39, 0.29) is 12.0 Å². The van der Waals surface area contributed by atoms with Crippen molar-refractivity contribution in [2.45, 2.75) is 44.6 Å². The molecule has 1 aromatic rings. The molecule has 3 rings (SSSR count). The standard InChI is InChI=1S/C20H29NO4/c1-23-18-10-6-9-17(19(18)24-2)20(22)21-11-12-25-16(14-21)13-15-7-4-3-5-8-15/h6,9-10,15-16H,3-5,7-8,11-14H2,1-2H3/t16-/m1/s1. The van der Waals surface area contributed by atoms with Crippen molar-refractivity contribution in [3.8, 4) is 11.5 Å². The van der Waals surface area contributed by atoms with Crippen LogP contribution in [0.1, 0.15) is 48.9 Å². The summed E-state index contributed by atoms with van der Waals surface area (Å²) >= 11 is 0. The number of carbonyl (C=O) groups excluding carboxylic acids is 1. The molecule has 25 heavy (non-hydrogen) atoms. The Kier molecular flexibility index (Phi) is 6.19. The lowest BCUT2D eigenvalue weighted by atomic mass is 9.85. The fourth-order valence-electron chi connectivity index (χ4n) is 4.07. The summed E-state index contributed by atoms with van der Waals surface area (Å²) in [6, 6.07) is 5.44. The second-order valence-electron chi connectivity index (χ2n) is 7.02. The molecule has 2 fully saturated rings. The maximum absolute atomic E-state index is 13.0. The number of nitrogens with zero attached hydrogens (tertiary/aromatic N) is 1. The normalized spacial score (nSPS) is 21.8. The van der Waals surface area contributed by atoms with Crippen molar-refractivity contribution in [1.29, 1.82) is 0 Å². The van der Waals surface area contributed by atoms with Gasteiger partial charge in [0.25, 0.3) is 5.91 Å². The molecule has 1 atom stereocenters. The van der Waals surface area contributed by atoms with Crippen LogP contribution in [0.5, 0.6) is 11.5 Å². The third-order valence-corrected chi connectivity index (χ3v) is 5.38. The van der Waals surface area contributed by atoms with Gasteiger partial charge >= 0.3 is 0 Å². The fraction of sp³-hybridized carbons (Fsp3) is 0.650. The first-order chi connectivity index (χ1) is 12.2. The Morgan fingerprint density at radius 2 is 2.00 bits per heavy atom. The van der Waals surface area contributed by atoms with Gasteiger partial charge in [-0.2, -0.15) is 0 Å². The highest BCUT2D eigenvalue weighted by atomic mass is 16.5. The predicted molar refractivity (Wildman–Crippen MR) is 96.4 cm³/mol. The van der Waals surface area contributed by atoms with E-state index in [2.05, 4.69) is 0 Å². The van der Waals surface area contributed by atoms with Gasteiger partial charge in [0.15, 0.2) is 11.5 Å². The van der Waals surface area contributed by atoms with Crippen LogP contribution in [-0.2, 0) is 4.74 Å². The van der Waals surface area contributed by atoms with Gasteiger partial charge in [-0.05, 0) is 24.5 Å². The van der Waals surface area contributed by atoms with Gasteiger partial charge in [-0.1, -0.05) is 38.2 Å². The smallest absolute Gasteiger partial charge is 0.257 e. The van der Waals surface area contributed by atoms with Gasteiger partial charge < -0.3 is 19.1 Å². The molecular weight excluding hydrogens is 318 g/mol. The second-order valence-corrected chi connectivity index (χ2v) is 7.02. The molecule has 0 N–H and O–H groups in total. The molecule has 0 spiro atoms. The topological polar surface area (TPSA) is 48.0 Å². The zero-order chi connectivity index (χ0) is 17.6. The van der Waals surface area contributed by atoms with E-state index >= 15 is 0 Å². The number of methoxy groups -OCH3 is 2. The Hall–Kier alpha value is -1.75. The summed E-state index contributed by atoms with van der Waals surface area (Å²) in [5.74, 6) is 1.83. The molecule has 1 saturated heterocycles. The highest BCUT2D eigenvalue weighted by Crippen LogP contribution is 2.33. The molecule has 2 aliphatic rings. The van der Waals surface area contributed by atoms with Crippen LogP contribution in [0.25, 0.3) is 0 Å². The van der Waals surface area contributed by atoms with E-state index in [1.807, 2.05) is 11.0 Å². The Morgan fingerprint density at radius 3 is 2.72 bits per heavy atom. The van der Waals surface area contributed by atoms with Gasteiger partial charge in [0.05, 0.1) is 32.5 Å². The average Bonchev–Trinajstić information content (AvgIpc) is 2.67. The Morgan fingerprint density at radius 1 is 1.20 bits per heavy atom. The number of hydrogen-bond donors (Lipinski definition) is 0. The molecule has 0 unspecified atom stereocenters. The van der Waals surface area contributed by atoms with Crippen LogP contribution in [0.2, 0.25) is 0 Å². The summed E-state index contributed by atoms with van der Waals surface area (Å²) in [4.78, 5) is 14.9. The van der Waals surface area contributed by atoms with E-state index in [4.69, 9.17) is 14.2 Å². The predicted octanol–water partition coefficient (Wildman–Crippen LogP) is 3.52. The van der Waals surface area contributed by atoms with E-state index in [1.165, 1.54) is 32.1 Å². The number of rotatable bonds is 5. The molecule has 1 saturated carbocycles. The van der Waals surface area contributed by atoms with E-state index in [9.17, 15) is 4.79 Å². The van der Waals surface area contributed by atoms with Crippen molar-refractivity contribution in [3.05, 3.63) is 23.8 Å². The maximum atomic E-state index is 13.0. The third kappa shape index (κ3) is 4.27. The molecule has 1 amide bonds. The molecule has 0 bridgehead atoms. The first-order valence-electron chi connectivity index (χ1n) is 9.34. The molecular formula is C20H29NO4. The van der Waals surface area contributed by atoms with Crippen molar-refractivity contribution < 1.29 is 19.0 Å². The fourth-order valence-corrected chi connectivity index (χ4v) is 4.07. The number of benzene rings is 1. The molecule has 1 heterocycles. The highest BCUT2D eigenvalue weighted by Gasteiger charge is 2.29. The lowest BCUT2D eigenvalue weighted by molar-refractivity contribution is -0.0337. The second kappa shape index (κ2) is 8.56. The van der Waals surface area contributed by atoms with Crippen LogP contribution in [0.3, 0.4) is 0 Å². The zero-order valence-corrected chi connectivity index (χ0v) is 15.3. The molecule has 1 aliphatic heterocycles. The lowest BCUT2D eigenvalue weighted by Crippen LogP contribution is -2.46. The van der Waals surface area contributed by atoms with Crippen LogP contribution in [-0.4, -0.2) is 50.8 Å². The van der Waals surface area contributed by atoms with Crippen LogP contribution >= 0.6 is 0 Å². The molecule has 1 aromatic carbocycles. The van der Waals surface area contributed by atoms with Gasteiger partial charge in [-0.3, -0.25) is 4.79 Å². The number of amides is 1. The van der Waals surface area contributed by atoms with Gasteiger partial charge in [0.2, 0.25) is 0 Å². The summed E-state index contributed by atoms with van der Waals surface area (Å²) in [5, 5.41) is 0. The van der Waals surface area contributed by atoms with Crippen molar-refractivity contribution >= 4 is 5.91 Å². The number of morpholine rings is 1. The Labute approximate surface area is 150 Å². The Balaban J connectivity index is 1.67. The quantitative estimate of drug-likeness (QED) is 0.818. The SMILES string of the molecule is COc1cccc(C(=O)N2CCO[C@H](CC3CCCCC3)C2)c1OC. The molecule has 0 aromatic heterocycles. The van der Waals surface area contributed by atoms with E-state index in [0.717, 1.165) is 12.3 Å². The molecule has 138 valence electrons. The molecule has 1 aliphatic carbocycles. The van der Waals surface area contributed by atoms with Gasteiger partial charge in [-0.25, -0.2) is 0 Å². The molecule has 5 heteroatoms. The Bertz CT molecular complexity index is 583. The van der Waals surface area contributed by atoms with E-state index in [0.29, 0.717) is 36.8 Å². The van der Waals surface area contributed by atoms with Crippen LogP contribution < -0.4 is 9.47 Å². The maximum Gasteiger partial charge on any atom is 0.257 e. The van der Waals surface area contributed by atoms with Crippen molar-refractivity contribution in [3.63, 3.8) is 0 Å². The first kappa shape index (κ1) is 18.1. The van der Waals surface area contributed by atoms with Gasteiger partial charge in [0.1, 0.15) is 0 Å². The average molecular weight is 347 g/mol. The lowest BCUT2D eigenvalue weighted by Gasteiger charge is -2.35. The number of para-hydroxylation sites is 1. The van der Waals surface area contributed by atoms with Crippen LogP contribution in [0.4, 0.5) is 0 Å². The minimum Gasteiger partial charge on any atom is -0.493 e.